The molecule has 11 heteroatoms. The molecule has 0 bridgehead atoms. The van der Waals surface area contributed by atoms with Gasteiger partial charge in [0.15, 0.2) is 16.7 Å². The maximum atomic E-state index is 12.2. The number of nitrogens with zero attached hydrogens (tertiary/aromatic N) is 4. The van der Waals surface area contributed by atoms with Gasteiger partial charge in [-0.2, -0.15) is 0 Å². The quantitative estimate of drug-likeness (QED) is 0.359. The van der Waals surface area contributed by atoms with Gasteiger partial charge in [0.05, 0.1) is 16.9 Å². The molecule has 0 atom stereocenters. The smallest absolute Gasteiger partial charge is 0.289 e. The predicted molar refractivity (Wildman–Crippen MR) is 101 cm³/mol. The number of carbonyl (C=O) groups excluding carboxylic acids is 1. The van der Waals surface area contributed by atoms with Crippen LogP contribution < -0.4 is 5.32 Å². The minimum absolute atomic E-state index is 0.00822. The van der Waals surface area contributed by atoms with Crippen molar-refractivity contribution in [1.82, 2.24) is 14.8 Å². The van der Waals surface area contributed by atoms with Crippen LogP contribution in [0.2, 0.25) is 5.02 Å². The molecule has 2 heterocycles. The van der Waals surface area contributed by atoms with Crippen LogP contribution in [0.3, 0.4) is 0 Å². The number of amides is 1. The Morgan fingerprint density at radius 1 is 1.41 bits per heavy atom. The van der Waals surface area contributed by atoms with Crippen molar-refractivity contribution < 1.29 is 14.1 Å². The number of nitrogens with one attached hydrogen (secondary N) is 1. The Morgan fingerprint density at radius 3 is 2.89 bits per heavy atom. The first-order valence-corrected chi connectivity index (χ1v) is 9.19. The number of halogens is 1. The molecule has 0 aliphatic heterocycles. The second kappa shape index (κ2) is 8.23. The first kappa shape index (κ1) is 18.9. The largest absolute Gasteiger partial charge is 0.461 e. The lowest BCUT2D eigenvalue weighted by Crippen LogP contribution is -2.14. The molecule has 0 fully saturated rings. The van der Waals surface area contributed by atoms with E-state index in [-0.39, 0.29) is 22.4 Å². The number of nitro benzene ring substituents is 1. The normalized spacial score (nSPS) is 10.7. The Morgan fingerprint density at radius 2 is 2.22 bits per heavy atom. The van der Waals surface area contributed by atoms with Gasteiger partial charge in [0.1, 0.15) is 5.02 Å². The number of rotatable bonds is 7. The van der Waals surface area contributed by atoms with Gasteiger partial charge in [-0.05, 0) is 31.2 Å². The van der Waals surface area contributed by atoms with E-state index in [2.05, 4.69) is 15.5 Å². The van der Waals surface area contributed by atoms with Gasteiger partial charge in [-0.1, -0.05) is 23.4 Å². The lowest BCUT2D eigenvalue weighted by atomic mass is 10.3. The van der Waals surface area contributed by atoms with Gasteiger partial charge in [-0.25, -0.2) is 0 Å². The van der Waals surface area contributed by atoms with Crippen molar-refractivity contribution in [2.24, 2.45) is 0 Å². The second-order valence-electron chi connectivity index (χ2n) is 5.29. The summed E-state index contributed by atoms with van der Waals surface area (Å²) in [6, 6.07) is 7.63. The van der Waals surface area contributed by atoms with Crippen LogP contribution in [0.4, 0.5) is 11.4 Å². The number of thioether (sulfide) groups is 1. The van der Waals surface area contributed by atoms with Gasteiger partial charge in [0.2, 0.25) is 5.91 Å². The van der Waals surface area contributed by atoms with Crippen molar-refractivity contribution >= 4 is 40.6 Å². The Labute approximate surface area is 162 Å². The molecule has 0 aliphatic carbocycles. The third kappa shape index (κ3) is 4.29. The lowest BCUT2D eigenvalue weighted by Gasteiger charge is -2.07. The number of furan rings is 1. The number of anilines is 1. The third-order valence-electron chi connectivity index (χ3n) is 3.53. The molecular weight excluding hydrogens is 394 g/mol. The van der Waals surface area contributed by atoms with Crippen molar-refractivity contribution in [3.05, 3.63) is 51.7 Å². The van der Waals surface area contributed by atoms with E-state index in [1.54, 1.807) is 18.4 Å². The number of nitro groups is 1. The van der Waals surface area contributed by atoms with Gasteiger partial charge in [0.25, 0.3) is 5.69 Å². The number of benzene rings is 1. The van der Waals surface area contributed by atoms with Crippen LogP contribution in [0.25, 0.3) is 11.6 Å². The number of aromatic nitrogens is 3. The van der Waals surface area contributed by atoms with E-state index in [0.29, 0.717) is 29.0 Å². The van der Waals surface area contributed by atoms with Crippen LogP contribution in [0.15, 0.2) is 46.2 Å². The van der Waals surface area contributed by atoms with Crippen LogP contribution >= 0.6 is 23.4 Å². The van der Waals surface area contributed by atoms with E-state index < -0.39 is 4.92 Å². The standard InChI is InChI=1S/C16H14ClN5O4S/c1-2-21-15(13-4-3-7-26-13)19-20-16(21)27-9-14(23)18-10-5-6-11(17)12(8-10)22(24)25/h3-8H,2,9H2,1H3,(H,18,23). The average Bonchev–Trinajstić information content (AvgIpc) is 3.30. The van der Waals surface area contributed by atoms with Crippen LogP contribution in [0, 0.1) is 10.1 Å². The van der Waals surface area contributed by atoms with Crippen LogP contribution in [-0.2, 0) is 11.3 Å². The summed E-state index contributed by atoms with van der Waals surface area (Å²) in [5.74, 6) is 0.905. The Balaban J connectivity index is 1.66. The van der Waals surface area contributed by atoms with Crippen molar-refractivity contribution in [2.45, 2.75) is 18.6 Å². The first-order chi connectivity index (χ1) is 13.0. The summed E-state index contributed by atoms with van der Waals surface area (Å²) in [5, 5.41) is 22.3. The van der Waals surface area contributed by atoms with Gasteiger partial charge >= 0.3 is 0 Å². The summed E-state index contributed by atoms with van der Waals surface area (Å²) < 4.78 is 7.18. The summed E-state index contributed by atoms with van der Waals surface area (Å²) >= 11 is 6.97. The van der Waals surface area contributed by atoms with E-state index in [1.807, 2.05) is 11.5 Å². The van der Waals surface area contributed by atoms with Gasteiger partial charge in [0, 0.05) is 18.3 Å². The number of hydrogen-bond acceptors (Lipinski definition) is 7. The second-order valence-corrected chi connectivity index (χ2v) is 6.64. The predicted octanol–water partition coefficient (Wildman–Crippen LogP) is 3.85. The molecule has 2 aromatic heterocycles. The molecule has 1 N–H and O–H groups in total. The molecule has 3 aromatic rings. The summed E-state index contributed by atoms with van der Waals surface area (Å²) in [6.07, 6.45) is 1.55. The monoisotopic (exact) mass is 407 g/mol. The highest BCUT2D eigenvalue weighted by Crippen LogP contribution is 2.28. The molecule has 1 amide bonds. The molecule has 27 heavy (non-hydrogen) atoms. The SMILES string of the molecule is CCn1c(SCC(=O)Nc2ccc(Cl)c([N+](=O)[O-])c2)nnc1-c1ccco1. The van der Waals surface area contributed by atoms with Crippen molar-refractivity contribution in [3.63, 3.8) is 0 Å². The van der Waals surface area contributed by atoms with Gasteiger partial charge in [-0.15, -0.1) is 10.2 Å². The average molecular weight is 408 g/mol. The molecule has 9 nitrogen and oxygen atoms in total. The lowest BCUT2D eigenvalue weighted by molar-refractivity contribution is -0.384. The molecule has 140 valence electrons. The van der Waals surface area contributed by atoms with Gasteiger partial charge in [-0.3, -0.25) is 19.5 Å². The molecule has 0 unspecified atom stereocenters. The first-order valence-electron chi connectivity index (χ1n) is 7.83. The molecule has 0 radical (unpaired) electrons. The fraction of sp³-hybridized carbons (Fsp3) is 0.188. The fourth-order valence-electron chi connectivity index (χ4n) is 2.33. The zero-order valence-electron chi connectivity index (χ0n) is 14.1. The molecule has 0 aliphatic rings. The fourth-order valence-corrected chi connectivity index (χ4v) is 3.31. The molecule has 1 aromatic carbocycles. The van der Waals surface area contributed by atoms with Crippen molar-refractivity contribution in [1.29, 1.82) is 0 Å². The maximum Gasteiger partial charge on any atom is 0.289 e. The minimum atomic E-state index is -0.605. The Kier molecular flexibility index (Phi) is 5.77. The molecule has 3 rings (SSSR count). The number of carbonyl (C=O) groups is 1. The van der Waals surface area contributed by atoms with Gasteiger partial charge < -0.3 is 9.73 Å². The van der Waals surface area contributed by atoms with E-state index >= 15 is 0 Å². The molecule has 0 saturated carbocycles. The van der Waals surface area contributed by atoms with Crippen LogP contribution in [0.1, 0.15) is 6.92 Å². The number of hydrogen-bond donors (Lipinski definition) is 1. The highest BCUT2D eigenvalue weighted by Gasteiger charge is 2.17. The van der Waals surface area contributed by atoms with Crippen LogP contribution in [-0.4, -0.2) is 31.3 Å². The van der Waals surface area contributed by atoms with Crippen molar-refractivity contribution in [3.8, 4) is 11.6 Å². The zero-order chi connectivity index (χ0) is 19.4. The van der Waals surface area contributed by atoms with Crippen molar-refractivity contribution in [2.75, 3.05) is 11.1 Å². The van der Waals surface area contributed by atoms with E-state index in [9.17, 15) is 14.9 Å². The van der Waals surface area contributed by atoms with E-state index in [1.165, 1.54) is 30.0 Å². The summed E-state index contributed by atoms with van der Waals surface area (Å²) in [4.78, 5) is 22.5. The van der Waals surface area contributed by atoms with E-state index in [0.717, 1.165) is 0 Å². The molecular formula is C16H14ClN5O4S. The Hall–Kier alpha value is -2.85. The Bertz CT molecular complexity index is 973. The summed E-state index contributed by atoms with van der Waals surface area (Å²) in [6.45, 7) is 2.54. The minimum Gasteiger partial charge on any atom is -0.461 e. The topological polar surface area (TPSA) is 116 Å². The summed E-state index contributed by atoms with van der Waals surface area (Å²) in [5.41, 5.74) is 0.0286. The van der Waals surface area contributed by atoms with E-state index in [4.69, 9.17) is 16.0 Å². The third-order valence-corrected chi connectivity index (χ3v) is 4.82. The summed E-state index contributed by atoms with van der Waals surface area (Å²) in [7, 11) is 0. The van der Waals surface area contributed by atoms with Crippen LogP contribution in [0.5, 0.6) is 0 Å². The molecule has 0 saturated heterocycles. The zero-order valence-corrected chi connectivity index (χ0v) is 15.7. The maximum absolute atomic E-state index is 12.2. The molecule has 0 spiro atoms. The highest BCUT2D eigenvalue weighted by molar-refractivity contribution is 7.99. The highest BCUT2D eigenvalue weighted by atomic mass is 35.5.